The number of phenolic OH excluding ortho intramolecular Hbond substituents is 1. The van der Waals surface area contributed by atoms with Crippen LogP contribution < -0.4 is 10.2 Å². The second-order valence-electron chi connectivity index (χ2n) is 7.64. The second-order valence-corrected chi connectivity index (χ2v) is 7.64. The molecule has 0 aliphatic carbocycles. The summed E-state index contributed by atoms with van der Waals surface area (Å²) in [6.07, 6.45) is 1.38. The predicted molar refractivity (Wildman–Crippen MR) is 103 cm³/mol. The van der Waals surface area contributed by atoms with Crippen LogP contribution in [0.15, 0.2) is 42.5 Å². The zero-order chi connectivity index (χ0) is 18.9. The first-order chi connectivity index (χ1) is 12.3. The SMILES string of the molecule is CC(C)(C)c1ccc(O)c(NC(=O)c2cccc(N3CCCC3=O)c2)c1. The molecule has 2 amide bonds. The van der Waals surface area contributed by atoms with Crippen molar-refractivity contribution in [2.24, 2.45) is 0 Å². The molecule has 1 aliphatic rings. The van der Waals surface area contributed by atoms with E-state index in [1.807, 2.05) is 12.1 Å². The Morgan fingerprint density at radius 3 is 2.58 bits per heavy atom. The maximum atomic E-state index is 12.7. The zero-order valence-electron chi connectivity index (χ0n) is 15.4. The Kier molecular flexibility index (Phi) is 4.72. The number of hydrogen-bond acceptors (Lipinski definition) is 3. The quantitative estimate of drug-likeness (QED) is 0.818. The van der Waals surface area contributed by atoms with Crippen LogP contribution in [0.1, 0.15) is 49.5 Å². The molecule has 1 fully saturated rings. The van der Waals surface area contributed by atoms with E-state index in [1.54, 1.807) is 35.2 Å². The van der Waals surface area contributed by atoms with E-state index in [4.69, 9.17) is 0 Å². The van der Waals surface area contributed by atoms with Gasteiger partial charge in [-0.05, 0) is 47.7 Å². The summed E-state index contributed by atoms with van der Waals surface area (Å²) in [4.78, 5) is 26.3. The summed E-state index contributed by atoms with van der Waals surface area (Å²) in [6.45, 7) is 6.89. The minimum absolute atomic E-state index is 0.0252. The van der Waals surface area contributed by atoms with Crippen LogP contribution in [0.3, 0.4) is 0 Å². The number of nitrogens with one attached hydrogen (secondary N) is 1. The molecule has 136 valence electrons. The van der Waals surface area contributed by atoms with Gasteiger partial charge in [0.15, 0.2) is 0 Å². The number of aromatic hydroxyl groups is 1. The van der Waals surface area contributed by atoms with Crippen LogP contribution in [0.4, 0.5) is 11.4 Å². The highest BCUT2D eigenvalue weighted by molar-refractivity contribution is 6.06. The van der Waals surface area contributed by atoms with E-state index in [0.29, 0.717) is 24.2 Å². The van der Waals surface area contributed by atoms with E-state index in [0.717, 1.165) is 17.7 Å². The van der Waals surface area contributed by atoms with Gasteiger partial charge in [0.05, 0.1) is 5.69 Å². The molecule has 1 saturated heterocycles. The van der Waals surface area contributed by atoms with Crippen molar-refractivity contribution in [3.05, 3.63) is 53.6 Å². The summed E-state index contributed by atoms with van der Waals surface area (Å²) in [5.41, 5.74) is 2.48. The molecule has 26 heavy (non-hydrogen) atoms. The monoisotopic (exact) mass is 352 g/mol. The van der Waals surface area contributed by atoms with Gasteiger partial charge in [0.2, 0.25) is 5.91 Å². The molecule has 5 heteroatoms. The zero-order valence-corrected chi connectivity index (χ0v) is 15.4. The number of carbonyl (C=O) groups excluding carboxylic acids is 2. The minimum Gasteiger partial charge on any atom is -0.506 e. The third-order valence-electron chi connectivity index (χ3n) is 4.60. The van der Waals surface area contributed by atoms with Crippen LogP contribution >= 0.6 is 0 Å². The number of anilines is 2. The van der Waals surface area contributed by atoms with Gasteiger partial charge in [-0.3, -0.25) is 9.59 Å². The van der Waals surface area contributed by atoms with Gasteiger partial charge in [0, 0.05) is 24.2 Å². The lowest BCUT2D eigenvalue weighted by atomic mass is 9.87. The van der Waals surface area contributed by atoms with Gasteiger partial charge >= 0.3 is 0 Å². The number of benzene rings is 2. The van der Waals surface area contributed by atoms with Gasteiger partial charge in [0.25, 0.3) is 5.91 Å². The van der Waals surface area contributed by atoms with Crippen molar-refractivity contribution in [2.75, 3.05) is 16.8 Å². The standard InChI is InChI=1S/C21H24N2O3/c1-21(2,3)15-9-10-18(24)17(13-15)22-20(26)14-6-4-7-16(12-14)23-11-5-8-19(23)25/h4,6-7,9-10,12-13,24H,5,8,11H2,1-3H3,(H,22,26). The van der Waals surface area contributed by atoms with Crippen LogP contribution in [0.5, 0.6) is 5.75 Å². The average molecular weight is 352 g/mol. The molecule has 0 spiro atoms. The van der Waals surface area contributed by atoms with E-state index in [-0.39, 0.29) is 23.0 Å². The Morgan fingerprint density at radius 1 is 1.15 bits per heavy atom. The molecule has 0 radical (unpaired) electrons. The number of amides is 2. The number of rotatable bonds is 3. The van der Waals surface area contributed by atoms with Crippen molar-refractivity contribution in [2.45, 2.75) is 39.0 Å². The summed E-state index contributed by atoms with van der Waals surface area (Å²) in [5.74, 6) is -0.213. The van der Waals surface area contributed by atoms with Crippen LogP contribution in [0, 0.1) is 0 Å². The molecular formula is C21H24N2O3. The highest BCUT2D eigenvalue weighted by Gasteiger charge is 2.22. The fourth-order valence-electron chi connectivity index (χ4n) is 3.03. The van der Waals surface area contributed by atoms with Gasteiger partial charge in [-0.25, -0.2) is 0 Å². The third-order valence-corrected chi connectivity index (χ3v) is 4.60. The van der Waals surface area contributed by atoms with Crippen molar-refractivity contribution < 1.29 is 14.7 Å². The van der Waals surface area contributed by atoms with Crippen molar-refractivity contribution >= 4 is 23.2 Å². The summed E-state index contributed by atoms with van der Waals surface area (Å²) >= 11 is 0. The molecule has 2 aromatic rings. The van der Waals surface area contributed by atoms with Crippen LogP contribution in [-0.2, 0) is 10.2 Å². The molecule has 0 unspecified atom stereocenters. The smallest absolute Gasteiger partial charge is 0.255 e. The number of carbonyl (C=O) groups is 2. The fraction of sp³-hybridized carbons (Fsp3) is 0.333. The second kappa shape index (κ2) is 6.83. The van der Waals surface area contributed by atoms with Gasteiger partial charge in [0.1, 0.15) is 5.75 Å². The summed E-state index contributed by atoms with van der Waals surface area (Å²) in [7, 11) is 0. The van der Waals surface area contributed by atoms with Crippen molar-refractivity contribution in [3.63, 3.8) is 0 Å². The number of nitrogens with zero attached hydrogens (tertiary/aromatic N) is 1. The van der Waals surface area contributed by atoms with Gasteiger partial charge in [-0.1, -0.05) is 32.9 Å². The van der Waals surface area contributed by atoms with Crippen molar-refractivity contribution in [3.8, 4) is 5.75 Å². The number of phenols is 1. The fourth-order valence-corrected chi connectivity index (χ4v) is 3.03. The van der Waals surface area contributed by atoms with Crippen molar-refractivity contribution in [1.29, 1.82) is 0 Å². The third kappa shape index (κ3) is 3.72. The van der Waals surface area contributed by atoms with E-state index in [1.165, 1.54) is 0 Å². The van der Waals surface area contributed by atoms with E-state index in [9.17, 15) is 14.7 Å². The lowest BCUT2D eigenvalue weighted by Gasteiger charge is -2.20. The molecular weight excluding hydrogens is 328 g/mol. The molecule has 2 aromatic carbocycles. The first kappa shape index (κ1) is 18.0. The highest BCUT2D eigenvalue weighted by atomic mass is 16.3. The first-order valence-electron chi connectivity index (χ1n) is 8.81. The summed E-state index contributed by atoms with van der Waals surface area (Å²) in [6, 6.07) is 12.2. The maximum absolute atomic E-state index is 12.7. The Hall–Kier alpha value is -2.82. The lowest BCUT2D eigenvalue weighted by Crippen LogP contribution is -2.24. The Bertz CT molecular complexity index is 853. The topological polar surface area (TPSA) is 69.6 Å². The number of hydrogen-bond donors (Lipinski definition) is 2. The molecule has 0 saturated carbocycles. The molecule has 1 aliphatic heterocycles. The molecule has 1 heterocycles. The van der Waals surface area contributed by atoms with E-state index < -0.39 is 0 Å². The predicted octanol–water partition coefficient (Wildman–Crippen LogP) is 4.07. The Labute approximate surface area is 153 Å². The Balaban J connectivity index is 1.84. The molecule has 0 atom stereocenters. The molecule has 0 bridgehead atoms. The Morgan fingerprint density at radius 2 is 1.92 bits per heavy atom. The lowest BCUT2D eigenvalue weighted by molar-refractivity contribution is -0.117. The highest BCUT2D eigenvalue weighted by Crippen LogP contribution is 2.31. The van der Waals surface area contributed by atoms with Crippen LogP contribution in [-0.4, -0.2) is 23.5 Å². The van der Waals surface area contributed by atoms with Gasteiger partial charge in [-0.2, -0.15) is 0 Å². The molecule has 5 nitrogen and oxygen atoms in total. The largest absolute Gasteiger partial charge is 0.506 e. The van der Waals surface area contributed by atoms with E-state index in [2.05, 4.69) is 26.1 Å². The molecule has 0 aromatic heterocycles. The van der Waals surface area contributed by atoms with Gasteiger partial charge in [-0.15, -0.1) is 0 Å². The van der Waals surface area contributed by atoms with Crippen LogP contribution in [0.25, 0.3) is 0 Å². The molecule has 2 N–H and O–H groups in total. The molecule has 3 rings (SSSR count). The average Bonchev–Trinajstić information content (AvgIpc) is 3.02. The van der Waals surface area contributed by atoms with Crippen LogP contribution in [0.2, 0.25) is 0 Å². The van der Waals surface area contributed by atoms with Crippen molar-refractivity contribution in [1.82, 2.24) is 0 Å². The maximum Gasteiger partial charge on any atom is 0.255 e. The summed E-state index contributed by atoms with van der Waals surface area (Å²) in [5, 5.41) is 12.9. The van der Waals surface area contributed by atoms with Gasteiger partial charge < -0.3 is 15.3 Å². The summed E-state index contributed by atoms with van der Waals surface area (Å²) < 4.78 is 0. The van der Waals surface area contributed by atoms with E-state index >= 15 is 0 Å². The minimum atomic E-state index is -0.320. The first-order valence-corrected chi connectivity index (χ1v) is 8.81. The normalized spacial score (nSPS) is 14.6.